The molecule has 1 aliphatic rings. The first-order valence-electron chi connectivity index (χ1n) is 4.72. The van der Waals surface area contributed by atoms with Crippen LogP contribution in [0.15, 0.2) is 23.1 Å². The number of hydrogen-bond acceptors (Lipinski definition) is 6. The monoisotopic (exact) mass is 259 g/mol. The summed E-state index contributed by atoms with van der Waals surface area (Å²) in [5.41, 5.74) is -0.254. The van der Waals surface area contributed by atoms with Gasteiger partial charge in [-0.25, -0.2) is 8.42 Å². The summed E-state index contributed by atoms with van der Waals surface area (Å²) in [4.78, 5) is 9.78. The second kappa shape index (κ2) is 3.97. The highest BCUT2D eigenvalue weighted by molar-refractivity contribution is 7.91. The van der Waals surface area contributed by atoms with E-state index in [2.05, 4.69) is 0 Å². The van der Waals surface area contributed by atoms with E-state index in [1.807, 2.05) is 0 Å². The van der Waals surface area contributed by atoms with Crippen molar-refractivity contribution in [1.29, 1.82) is 0 Å². The lowest BCUT2D eigenvalue weighted by atomic mass is 10.3. The summed E-state index contributed by atoms with van der Waals surface area (Å²) < 4.78 is 28.6. The van der Waals surface area contributed by atoms with E-state index in [0.717, 1.165) is 18.2 Å². The van der Waals surface area contributed by atoms with Gasteiger partial charge in [0.15, 0.2) is 9.84 Å². The molecule has 0 fully saturated rings. The Morgan fingerprint density at radius 1 is 1.47 bits per heavy atom. The molecule has 1 aromatic carbocycles. The van der Waals surface area contributed by atoms with Crippen LogP contribution in [0.3, 0.4) is 0 Å². The summed E-state index contributed by atoms with van der Waals surface area (Å²) in [6.45, 7) is -0.201. The molecule has 0 bridgehead atoms. The Morgan fingerprint density at radius 2 is 2.18 bits per heavy atom. The van der Waals surface area contributed by atoms with E-state index in [1.54, 1.807) is 0 Å². The predicted molar refractivity (Wildman–Crippen MR) is 56.7 cm³/mol. The van der Waals surface area contributed by atoms with Crippen LogP contribution in [0, 0.1) is 10.1 Å². The van der Waals surface area contributed by atoms with E-state index in [-0.39, 0.29) is 22.9 Å². The van der Waals surface area contributed by atoms with Gasteiger partial charge in [-0.15, -0.1) is 0 Å². The zero-order chi connectivity index (χ0) is 12.6. The second-order valence-electron chi connectivity index (χ2n) is 3.63. The van der Waals surface area contributed by atoms with Crippen LogP contribution in [-0.2, 0) is 9.84 Å². The Morgan fingerprint density at radius 3 is 2.82 bits per heavy atom. The highest BCUT2D eigenvalue weighted by Crippen LogP contribution is 2.31. The molecule has 8 heteroatoms. The normalized spacial score (nSPS) is 22.1. The molecule has 0 spiro atoms. The molecular formula is C9H9NO6S. The maximum atomic E-state index is 11.8. The standard InChI is InChI=1S/C9H9NO6S/c11-7-4-16-8-3-6(10(12)13)1-2-9(8)17(14,15)5-7/h1-3,7,11H,4-5H2. The number of aliphatic hydroxyl groups excluding tert-OH is 1. The van der Waals surface area contributed by atoms with Gasteiger partial charge in [0.1, 0.15) is 23.4 Å². The SMILES string of the molecule is O=[N+]([O-])c1ccc2c(c1)OCC(O)CS2(=O)=O. The zero-order valence-corrected chi connectivity index (χ0v) is 9.38. The Bertz CT molecular complexity index is 567. The molecule has 0 radical (unpaired) electrons. The largest absolute Gasteiger partial charge is 0.489 e. The first-order chi connectivity index (χ1) is 7.90. The van der Waals surface area contributed by atoms with Gasteiger partial charge in [-0.05, 0) is 6.07 Å². The van der Waals surface area contributed by atoms with Crippen molar-refractivity contribution in [2.75, 3.05) is 12.4 Å². The van der Waals surface area contributed by atoms with E-state index in [4.69, 9.17) is 4.74 Å². The maximum absolute atomic E-state index is 11.8. The number of nitrogens with zero attached hydrogens (tertiary/aromatic N) is 1. The minimum Gasteiger partial charge on any atom is -0.489 e. The molecule has 7 nitrogen and oxygen atoms in total. The molecule has 92 valence electrons. The van der Waals surface area contributed by atoms with E-state index in [1.165, 1.54) is 0 Å². The van der Waals surface area contributed by atoms with Crippen molar-refractivity contribution in [3.63, 3.8) is 0 Å². The van der Waals surface area contributed by atoms with Gasteiger partial charge in [-0.2, -0.15) is 0 Å². The van der Waals surface area contributed by atoms with E-state index in [9.17, 15) is 23.6 Å². The molecule has 1 aliphatic heterocycles. The van der Waals surface area contributed by atoms with Crippen LogP contribution in [-0.4, -0.2) is 36.9 Å². The predicted octanol–water partition coefficient (Wildman–Crippen LogP) is 0.122. The van der Waals surface area contributed by atoms with E-state index >= 15 is 0 Å². The minimum atomic E-state index is -3.67. The fraction of sp³-hybridized carbons (Fsp3) is 0.333. The van der Waals surface area contributed by atoms with Crippen LogP contribution in [0.4, 0.5) is 5.69 Å². The lowest BCUT2D eigenvalue weighted by Crippen LogP contribution is -2.23. The summed E-state index contributed by atoms with van der Waals surface area (Å²) >= 11 is 0. The lowest BCUT2D eigenvalue weighted by molar-refractivity contribution is -0.385. The Hall–Kier alpha value is -1.67. The molecular weight excluding hydrogens is 250 g/mol. The van der Waals surface area contributed by atoms with Gasteiger partial charge < -0.3 is 9.84 Å². The first kappa shape index (κ1) is 11.8. The second-order valence-corrected chi connectivity index (χ2v) is 5.64. The molecule has 0 aliphatic carbocycles. The molecule has 17 heavy (non-hydrogen) atoms. The number of hydrogen-bond donors (Lipinski definition) is 1. The smallest absolute Gasteiger partial charge is 0.273 e. The molecule has 0 saturated heterocycles. The summed E-state index contributed by atoms with van der Waals surface area (Å²) in [7, 11) is -3.67. The maximum Gasteiger partial charge on any atom is 0.273 e. The average molecular weight is 259 g/mol. The summed E-state index contributed by atoms with van der Waals surface area (Å²) in [5.74, 6) is -0.534. The van der Waals surface area contributed by atoms with Crippen molar-refractivity contribution in [2.45, 2.75) is 11.0 Å². The third-order valence-corrected chi connectivity index (χ3v) is 4.15. The van der Waals surface area contributed by atoms with Crippen LogP contribution in [0.1, 0.15) is 0 Å². The third-order valence-electron chi connectivity index (χ3n) is 2.32. The molecule has 1 aromatic rings. The van der Waals surface area contributed by atoms with Crippen molar-refractivity contribution in [1.82, 2.24) is 0 Å². The number of sulfone groups is 1. The van der Waals surface area contributed by atoms with Crippen LogP contribution in [0.25, 0.3) is 0 Å². The van der Waals surface area contributed by atoms with Gasteiger partial charge >= 0.3 is 0 Å². The van der Waals surface area contributed by atoms with Gasteiger partial charge in [0, 0.05) is 6.07 Å². The first-order valence-corrected chi connectivity index (χ1v) is 6.37. The number of fused-ring (bicyclic) bond motifs is 1. The third kappa shape index (κ3) is 2.22. The number of nitro groups is 1. The van der Waals surface area contributed by atoms with Crippen LogP contribution in [0.5, 0.6) is 5.75 Å². The zero-order valence-electron chi connectivity index (χ0n) is 8.57. The van der Waals surface area contributed by atoms with E-state index in [0.29, 0.717) is 0 Å². The van der Waals surface area contributed by atoms with E-state index < -0.39 is 26.6 Å². The van der Waals surface area contributed by atoms with Crippen molar-refractivity contribution < 1.29 is 23.2 Å². The molecule has 1 unspecified atom stereocenters. The summed E-state index contributed by atoms with van der Waals surface area (Å²) in [6.07, 6.45) is -1.13. The Kier molecular flexibility index (Phi) is 2.76. The number of ether oxygens (including phenoxy) is 1. The average Bonchev–Trinajstić information content (AvgIpc) is 2.35. The Balaban J connectivity index is 2.57. The Labute approximate surface area is 96.7 Å². The molecule has 1 atom stereocenters. The molecule has 1 heterocycles. The van der Waals surface area contributed by atoms with Crippen LogP contribution < -0.4 is 4.74 Å². The molecule has 0 aromatic heterocycles. The number of non-ortho nitro benzene ring substituents is 1. The van der Waals surface area contributed by atoms with Gasteiger partial charge in [-0.3, -0.25) is 10.1 Å². The fourth-order valence-electron chi connectivity index (χ4n) is 1.56. The fourth-order valence-corrected chi connectivity index (χ4v) is 3.04. The molecule has 0 amide bonds. The van der Waals surface area contributed by atoms with Crippen molar-refractivity contribution in [3.05, 3.63) is 28.3 Å². The quantitative estimate of drug-likeness (QED) is 0.567. The van der Waals surface area contributed by atoms with Gasteiger partial charge in [0.2, 0.25) is 0 Å². The van der Waals surface area contributed by atoms with Gasteiger partial charge in [0.05, 0.1) is 16.7 Å². The number of aliphatic hydroxyl groups is 1. The van der Waals surface area contributed by atoms with Crippen molar-refractivity contribution >= 4 is 15.5 Å². The van der Waals surface area contributed by atoms with Crippen LogP contribution >= 0.6 is 0 Å². The topological polar surface area (TPSA) is 107 Å². The van der Waals surface area contributed by atoms with Gasteiger partial charge in [-0.1, -0.05) is 0 Å². The lowest BCUT2D eigenvalue weighted by Gasteiger charge is -2.05. The molecule has 1 N–H and O–H groups in total. The molecule has 2 rings (SSSR count). The number of rotatable bonds is 1. The highest BCUT2D eigenvalue weighted by atomic mass is 32.2. The summed E-state index contributed by atoms with van der Waals surface area (Å²) in [6, 6.07) is 3.27. The van der Waals surface area contributed by atoms with Crippen molar-refractivity contribution in [3.8, 4) is 5.75 Å². The van der Waals surface area contributed by atoms with Crippen LogP contribution in [0.2, 0.25) is 0 Å². The highest BCUT2D eigenvalue weighted by Gasteiger charge is 2.29. The molecule has 0 saturated carbocycles. The summed E-state index contributed by atoms with van der Waals surface area (Å²) in [5, 5.41) is 19.9. The number of nitro benzene ring substituents is 1. The number of benzene rings is 1. The van der Waals surface area contributed by atoms with Gasteiger partial charge in [0.25, 0.3) is 5.69 Å². The van der Waals surface area contributed by atoms with Crippen molar-refractivity contribution in [2.24, 2.45) is 0 Å². The minimum absolute atomic E-state index is 0.0873.